The molecular formula is C24H20FN3O4S. The molecule has 2 N–H and O–H groups in total. The normalized spacial score (nSPS) is 16.7. The Labute approximate surface area is 191 Å². The Hall–Kier alpha value is -3.59. The zero-order chi connectivity index (χ0) is 23.1. The molecule has 2 aromatic carbocycles. The van der Waals surface area contributed by atoms with Crippen molar-refractivity contribution in [3.05, 3.63) is 74.1 Å². The molecule has 7 nitrogen and oxygen atoms in total. The predicted molar refractivity (Wildman–Crippen MR) is 119 cm³/mol. The number of carbonyl (C=O) groups excluding carboxylic acids is 1. The summed E-state index contributed by atoms with van der Waals surface area (Å²) in [6.45, 7) is 0. The van der Waals surface area contributed by atoms with Crippen molar-refractivity contribution in [2.75, 3.05) is 0 Å². The third-order valence-electron chi connectivity index (χ3n) is 5.98. The number of hydrogen-bond donors (Lipinski definition) is 2. The Morgan fingerprint density at radius 2 is 1.94 bits per heavy atom. The average Bonchev–Trinajstić information content (AvgIpc) is 3.29. The molecule has 0 unspecified atom stereocenters. The fraction of sp³-hybridized carbons (Fsp3) is 0.250. The van der Waals surface area contributed by atoms with Gasteiger partial charge in [-0.15, -0.1) is 0 Å². The van der Waals surface area contributed by atoms with E-state index >= 15 is 0 Å². The number of hydrogen-bond acceptors (Lipinski definition) is 5. The average molecular weight is 466 g/mol. The van der Waals surface area contributed by atoms with Gasteiger partial charge in [0.15, 0.2) is 4.80 Å². The highest BCUT2D eigenvalue weighted by Gasteiger charge is 2.29. The van der Waals surface area contributed by atoms with Crippen molar-refractivity contribution in [2.45, 2.75) is 38.1 Å². The first-order valence-corrected chi connectivity index (χ1v) is 11.5. The van der Waals surface area contributed by atoms with Crippen LogP contribution >= 0.6 is 11.3 Å². The van der Waals surface area contributed by atoms with Crippen LogP contribution in [0.5, 0.6) is 5.88 Å². The number of carboxylic acid groups (broad SMARTS) is 1. The van der Waals surface area contributed by atoms with Gasteiger partial charge in [-0.2, -0.15) is 0 Å². The highest BCUT2D eigenvalue weighted by Crippen LogP contribution is 2.36. The Bertz CT molecular complexity index is 1480. The number of carboxylic acids is 1. The Morgan fingerprint density at radius 3 is 2.70 bits per heavy atom. The number of carbonyl (C=O) groups is 2. The van der Waals surface area contributed by atoms with Gasteiger partial charge >= 0.3 is 5.97 Å². The molecule has 1 aromatic heterocycles. The van der Waals surface area contributed by atoms with Crippen LogP contribution in [0.4, 0.5) is 10.1 Å². The molecule has 33 heavy (non-hydrogen) atoms. The second kappa shape index (κ2) is 8.40. The lowest BCUT2D eigenvalue weighted by Crippen LogP contribution is -2.23. The fourth-order valence-electron chi connectivity index (χ4n) is 4.42. The molecule has 168 valence electrons. The molecule has 0 atom stereocenters. The summed E-state index contributed by atoms with van der Waals surface area (Å²) in [5, 5.41) is 21.3. The lowest BCUT2D eigenvalue weighted by atomic mass is 9.95. The highest BCUT2D eigenvalue weighted by atomic mass is 32.1. The molecule has 0 bridgehead atoms. The summed E-state index contributed by atoms with van der Waals surface area (Å²) in [6.07, 6.45) is 4.84. The number of amides is 1. The fourth-order valence-corrected chi connectivity index (χ4v) is 5.58. The highest BCUT2D eigenvalue weighted by molar-refractivity contribution is 7.11. The van der Waals surface area contributed by atoms with E-state index in [0.717, 1.165) is 43.4 Å². The number of aromatic carboxylic acids is 1. The van der Waals surface area contributed by atoms with Crippen LogP contribution < -0.4 is 15.4 Å². The van der Waals surface area contributed by atoms with E-state index in [-0.39, 0.29) is 27.9 Å². The minimum absolute atomic E-state index is 0.00817. The van der Waals surface area contributed by atoms with Crippen LogP contribution in [-0.4, -0.2) is 26.7 Å². The molecule has 2 heterocycles. The van der Waals surface area contributed by atoms with Crippen LogP contribution in [0.3, 0.4) is 0 Å². The second-order valence-electron chi connectivity index (χ2n) is 8.12. The predicted octanol–water partition coefficient (Wildman–Crippen LogP) is 3.19. The minimum Gasteiger partial charge on any atom is -0.493 e. The van der Waals surface area contributed by atoms with Gasteiger partial charge in [0.1, 0.15) is 10.7 Å². The maximum atomic E-state index is 13.9. The molecule has 0 spiro atoms. The molecule has 5 rings (SSSR count). The van der Waals surface area contributed by atoms with Gasteiger partial charge in [-0.05, 0) is 49.2 Å². The van der Waals surface area contributed by atoms with Crippen LogP contribution in [0.1, 0.15) is 53.4 Å². The maximum absolute atomic E-state index is 13.9. The number of halogens is 1. The van der Waals surface area contributed by atoms with Gasteiger partial charge in [-0.1, -0.05) is 36.7 Å². The molecule has 1 aliphatic carbocycles. The molecule has 2 aliphatic rings. The van der Waals surface area contributed by atoms with E-state index in [4.69, 9.17) is 0 Å². The number of aromatic hydroxyl groups is 1. The molecular weight excluding hydrogens is 445 g/mol. The third-order valence-corrected chi connectivity index (χ3v) is 7.04. The Balaban J connectivity index is 1.76. The lowest BCUT2D eigenvalue weighted by molar-refractivity contribution is -0.112. The summed E-state index contributed by atoms with van der Waals surface area (Å²) in [7, 11) is 0. The van der Waals surface area contributed by atoms with Gasteiger partial charge in [0.2, 0.25) is 5.88 Å². The summed E-state index contributed by atoms with van der Waals surface area (Å²) < 4.78 is 15.7. The lowest BCUT2D eigenvalue weighted by Gasteiger charge is -2.23. The van der Waals surface area contributed by atoms with Gasteiger partial charge in [0, 0.05) is 11.3 Å². The molecule has 9 heteroatoms. The van der Waals surface area contributed by atoms with Crippen LogP contribution in [-0.2, 0) is 4.79 Å². The largest absolute Gasteiger partial charge is 0.493 e. The number of rotatable bonds is 4. The molecule has 3 aromatic rings. The summed E-state index contributed by atoms with van der Waals surface area (Å²) in [6, 6.07) is 10.1. The van der Waals surface area contributed by atoms with E-state index in [0.29, 0.717) is 21.1 Å². The monoisotopic (exact) mass is 465 g/mol. The quantitative estimate of drug-likeness (QED) is 0.618. The number of nitrogens with zero attached hydrogens (tertiary/aromatic N) is 3. The molecule has 1 aliphatic heterocycles. The van der Waals surface area contributed by atoms with Crippen LogP contribution in [0.2, 0.25) is 0 Å². The molecule has 1 amide bonds. The van der Waals surface area contributed by atoms with Crippen LogP contribution in [0, 0.1) is 5.82 Å². The number of fused-ring (bicyclic) bond motifs is 1. The van der Waals surface area contributed by atoms with E-state index in [2.05, 4.69) is 9.98 Å². The molecule has 1 fully saturated rings. The van der Waals surface area contributed by atoms with Crippen molar-refractivity contribution < 1.29 is 24.2 Å². The first-order chi connectivity index (χ1) is 15.9. The van der Waals surface area contributed by atoms with E-state index in [1.165, 1.54) is 30.3 Å². The summed E-state index contributed by atoms with van der Waals surface area (Å²) in [5.41, 5.74) is 0.674. The van der Waals surface area contributed by atoms with Gasteiger partial charge in [-0.3, -0.25) is 9.36 Å². The van der Waals surface area contributed by atoms with Crippen molar-refractivity contribution in [3.8, 4) is 5.88 Å². The zero-order valence-electron chi connectivity index (χ0n) is 17.5. The van der Waals surface area contributed by atoms with Gasteiger partial charge in [0.25, 0.3) is 5.91 Å². The standard InChI is InChI=1S/C24H20FN3O4S/c25-14-9-10-18-17(12-14)19(21(29)27-18)20-22(30)28(16-7-2-1-3-8-16)24(33-20)26-15-6-4-5-13(11-15)23(31)32/h4-6,9-12,16,30H,1-3,7-8H2,(H,31,32). The van der Waals surface area contributed by atoms with Crippen molar-refractivity contribution in [3.63, 3.8) is 0 Å². The van der Waals surface area contributed by atoms with Gasteiger partial charge in [-0.25, -0.2) is 19.2 Å². The smallest absolute Gasteiger partial charge is 0.335 e. The summed E-state index contributed by atoms with van der Waals surface area (Å²) in [4.78, 5) is 33.5. The number of benzene rings is 2. The van der Waals surface area contributed by atoms with E-state index in [1.54, 1.807) is 16.7 Å². The van der Waals surface area contributed by atoms with E-state index < -0.39 is 17.7 Å². The first-order valence-electron chi connectivity index (χ1n) is 10.7. The summed E-state index contributed by atoms with van der Waals surface area (Å²) in [5.74, 6) is -2.20. The van der Waals surface area contributed by atoms with Crippen LogP contribution in [0.25, 0.3) is 5.57 Å². The molecule has 0 radical (unpaired) electrons. The molecule has 1 saturated carbocycles. The first kappa shape index (κ1) is 21.3. The van der Waals surface area contributed by atoms with Crippen molar-refractivity contribution in [1.82, 2.24) is 4.57 Å². The minimum atomic E-state index is -1.06. The van der Waals surface area contributed by atoms with Gasteiger partial charge < -0.3 is 10.2 Å². The van der Waals surface area contributed by atoms with Crippen molar-refractivity contribution >= 4 is 34.5 Å². The SMILES string of the molecule is O=C1N=c2ccc(F)cc2=C1c1sc(=Nc2cccc(C(=O)O)c2)n(C2CCCCC2)c1O. The number of thiazole rings is 1. The molecule has 0 saturated heterocycles. The Kier molecular flexibility index (Phi) is 5.41. The van der Waals surface area contributed by atoms with Crippen molar-refractivity contribution in [2.24, 2.45) is 9.98 Å². The second-order valence-corrected chi connectivity index (χ2v) is 9.10. The van der Waals surface area contributed by atoms with E-state index in [9.17, 15) is 24.2 Å². The van der Waals surface area contributed by atoms with E-state index in [1.807, 2.05) is 0 Å². The third kappa shape index (κ3) is 3.89. The summed E-state index contributed by atoms with van der Waals surface area (Å²) >= 11 is 1.12. The zero-order valence-corrected chi connectivity index (χ0v) is 18.3. The van der Waals surface area contributed by atoms with Crippen molar-refractivity contribution in [1.29, 1.82) is 0 Å². The van der Waals surface area contributed by atoms with Crippen LogP contribution in [0.15, 0.2) is 52.4 Å². The Morgan fingerprint density at radius 1 is 1.15 bits per heavy atom. The maximum Gasteiger partial charge on any atom is 0.335 e. The topological polar surface area (TPSA) is 104 Å². The van der Waals surface area contributed by atoms with Gasteiger partial charge in [0.05, 0.1) is 22.2 Å². The number of aromatic nitrogens is 1.